The zero-order chi connectivity index (χ0) is 54.1. The van der Waals surface area contributed by atoms with E-state index in [0.717, 1.165) is 30.3 Å². The number of ether oxygens (including phenoxy) is 4. The maximum absolute atomic E-state index is 13.0. The zero-order valence-electron chi connectivity index (χ0n) is 39.7. The fourth-order valence-corrected chi connectivity index (χ4v) is 6.59. The molecule has 0 amide bonds. The smallest absolute Gasteiger partial charge is 0.338 e. The second kappa shape index (κ2) is 17.1. The minimum atomic E-state index is -1.70. The van der Waals surface area contributed by atoms with Crippen LogP contribution in [0.4, 0.5) is 0 Å². The molecule has 0 aromatic heterocycles. The van der Waals surface area contributed by atoms with Crippen molar-refractivity contribution in [2.45, 2.75) is 37.3 Å². The van der Waals surface area contributed by atoms with E-state index in [1.165, 1.54) is 0 Å². The summed E-state index contributed by atoms with van der Waals surface area (Å²) in [7, 11) is 0. The Morgan fingerprint density at radius 3 is 1.12 bits per heavy atom. The highest BCUT2D eigenvalue weighted by Crippen LogP contribution is 2.48. The highest BCUT2D eigenvalue weighted by molar-refractivity contribution is 5.92. The summed E-state index contributed by atoms with van der Waals surface area (Å²) in [5.74, 6) is -18.5. The molecule has 16 N–H and O–H groups in total. The predicted molar refractivity (Wildman–Crippen MR) is 218 cm³/mol. The van der Waals surface area contributed by atoms with E-state index in [1.807, 2.05) is 0 Å². The van der Waals surface area contributed by atoms with Crippen LogP contribution in [0.25, 0.3) is 0 Å². The minimum absolute atomic E-state index is 0.00859. The number of carbonyl (C=O) groups excluding carboxylic acids is 2. The Kier molecular flexibility index (Phi) is 9.36. The Hall–Kier alpha value is -9.34. The lowest BCUT2D eigenvalue weighted by molar-refractivity contribution is -0.0192. The fourth-order valence-electron chi connectivity index (χ4n) is 6.59. The van der Waals surface area contributed by atoms with Gasteiger partial charge in [0.25, 0.3) is 0 Å². The Morgan fingerprint density at radius 2 is 0.742 bits per heavy atom. The van der Waals surface area contributed by atoms with Gasteiger partial charge < -0.3 is 101 Å². The molecular formula is C44H36O22. The standard InChI is InChI=1S/2C22H18O11/c2*23-10-5-12(24)11-7-18(33-22(31)9-3-15(27)20(30)16(28)4-9)21(32-17(11)6-10)8-1-13(25)19(29)14(26)2-8/h2*1-6,18,21,23-30H,7H2/t2*18-,21-/m11/s1/i1D,2D,3D,4D;1D,3D,4D. The van der Waals surface area contributed by atoms with Gasteiger partial charge in [0.2, 0.25) is 0 Å². The monoisotopic (exact) mass is 923 g/mol. The fraction of sp³-hybridized carbons (Fsp3) is 0.136. The number of fused-ring (bicyclic) bond motifs is 2. The van der Waals surface area contributed by atoms with Crippen LogP contribution < -0.4 is 9.47 Å². The van der Waals surface area contributed by atoms with Crippen molar-refractivity contribution in [1.29, 1.82) is 0 Å². The molecule has 22 nitrogen and oxygen atoms in total. The van der Waals surface area contributed by atoms with Crippen molar-refractivity contribution >= 4 is 11.9 Å². The van der Waals surface area contributed by atoms with Gasteiger partial charge in [0.05, 0.1) is 20.7 Å². The number of hydrogen-bond acceptors (Lipinski definition) is 22. The third kappa shape index (κ3) is 8.68. The summed E-state index contributed by atoms with van der Waals surface area (Å²) in [4.78, 5) is 26.0. The minimum Gasteiger partial charge on any atom is -0.508 e. The third-order valence-electron chi connectivity index (χ3n) is 9.70. The number of rotatable bonds is 6. The maximum Gasteiger partial charge on any atom is 0.338 e. The van der Waals surface area contributed by atoms with E-state index in [9.17, 15) is 91.3 Å². The lowest BCUT2D eigenvalue weighted by Crippen LogP contribution is -2.34. The lowest BCUT2D eigenvalue weighted by atomic mass is 9.93. The molecule has 22 heteroatoms. The quantitative estimate of drug-likeness (QED) is 0.0809. The normalized spacial score (nSPS) is 18.6. The van der Waals surface area contributed by atoms with Gasteiger partial charge in [0, 0.05) is 59.4 Å². The van der Waals surface area contributed by atoms with E-state index in [0.29, 0.717) is 0 Å². The molecular weight excluding hydrogens is 880 g/mol. The summed E-state index contributed by atoms with van der Waals surface area (Å²) in [5.41, 5.74) is -2.72. The van der Waals surface area contributed by atoms with Crippen LogP contribution in [0.2, 0.25) is 0 Å². The summed E-state index contributed by atoms with van der Waals surface area (Å²) in [6.07, 6.45) is -7.05. The molecule has 4 atom stereocenters. The Bertz CT molecular complexity index is 3250. The van der Waals surface area contributed by atoms with Gasteiger partial charge in [0.1, 0.15) is 46.7 Å². The summed E-state index contributed by atoms with van der Waals surface area (Å²) in [5, 5.41) is 158. The van der Waals surface area contributed by atoms with Gasteiger partial charge in [-0.3, -0.25) is 0 Å². The van der Waals surface area contributed by atoms with Gasteiger partial charge in [-0.25, -0.2) is 9.59 Å². The molecule has 0 saturated carbocycles. The van der Waals surface area contributed by atoms with Crippen LogP contribution in [0.1, 0.15) is 64.8 Å². The Balaban J connectivity index is 0.000000214. The molecule has 0 radical (unpaired) electrons. The van der Waals surface area contributed by atoms with Crippen LogP contribution in [-0.2, 0) is 22.3 Å². The molecule has 2 aliphatic rings. The van der Waals surface area contributed by atoms with E-state index < -0.39 is 194 Å². The van der Waals surface area contributed by atoms with Crippen molar-refractivity contribution in [2.75, 3.05) is 0 Å². The molecule has 0 fully saturated rings. The Morgan fingerprint density at radius 1 is 0.424 bits per heavy atom. The number of esters is 2. The van der Waals surface area contributed by atoms with Crippen molar-refractivity contribution in [3.05, 3.63) is 106 Å². The third-order valence-corrected chi connectivity index (χ3v) is 9.70. The predicted octanol–water partition coefficient (Wildman–Crippen LogP) is 4.47. The topological polar surface area (TPSA) is 395 Å². The molecule has 2 heterocycles. The average molecular weight is 924 g/mol. The molecule has 0 saturated heterocycles. The highest BCUT2D eigenvalue weighted by atomic mass is 16.6. The SMILES string of the molecule is [2H]c1c(O)c(O)c(O)c([2H])c1C(=O)O[C@@H]1Cc2c(O)cc(O)cc2O[C@@H]1c1c([2H])c(O)c(O)c(O)c1[2H].[2H]c1c([C@H]2Oc3cc(O)cc(O)c3C[C@H]2OC(=O)c2c([2H])c(O)c(O)c(O)c2[2H])cc(O)c(O)c1O. The van der Waals surface area contributed by atoms with Gasteiger partial charge in [-0.15, -0.1) is 0 Å². The first kappa shape index (κ1) is 36.2. The van der Waals surface area contributed by atoms with Gasteiger partial charge in [-0.1, -0.05) is 0 Å². The first-order chi connectivity index (χ1) is 34.1. The second-order valence-electron chi connectivity index (χ2n) is 14.1. The van der Waals surface area contributed by atoms with Crippen LogP contribution in [0, 0.1) is 0 Å². The molecule has 0 bridgehead atoms. The number of carbonyl (C=O) groups is 2. The van der Waals surface area contributed by atoms with Crippen LogP contribution in [0.15, 0.2) is 72.6 Å². The number of aromatic hydroxyl groups is 16. The summed E-state index contributed by atoms with van der Waals surface area (Å²) in [6, 6.07) is -1.69. The van der Waals surface area contributed by atoms with Crippen LogP contribution in [0.5, 0.6) is 103 Å². The largest absolute Gasteiger partial charge is 0.508 e. The van der Waals surface area contributed by atoms with Crippen molar-refractivity contribution in [3.63, 3.8) is 0 Å². The first-order valence-electron chi connectivity index (χ1n) is 21.9. The van der Waals surface area contributed by atoms with Gasteiger partial charge in [-0.2, -0.15) is 0 Å². The molecule has 344 valence electrons. The van der Waals surface area contributed by atoms with Gasteiger partial charge in [0.15, 0.2) is 81.2 Å². The number of phenols is 16. The second-order valence-corrected chi connectivity index (χ2v) is 14.1. The summed E-state index contributed by atoms with van der Waals surface area (Å²) >= 11 is 0. The maximum atomic E-state index is 13.0. The van der Waals surface area contributed by atoms with E-state index in [-0.39, 0.29) is 34.6 Å². The molecule has 8 rings (SSSR count). The molecule has 2 aliphatic heterocycles. The molecule has 66 heavy (non-hydrogen) atoms. The Labute approximate surface area is 378 Å². The lowest BCUT2D eigenvalue weighted by Gasteiger charge is -2.34. The highest BCUT2D eigenvalue weighted by Gasteiger charge is 2.39. The average Bonchev–Trinajstić information content (AvgIpc) is 3.33. The molecule has 0 unspecified atom stereocenters. The molecule has 0 spiro atoms. The van der Waals surface area contributed by atoms with Crippen molar-refractivity contribution in [1.82, 2.24) is 0 Å². The van der Waals surface area contributed by atoms with Gasteiger partial charge in [-0.05, 0) is 48.4 Å². The molecule has 6 aromatic rings. The molecule has 0 aliphatic carbocycles. The van der Waals surface area contributed by atoms with Crippen LogP contribution >= 0.6 is 0 Å². The van der Waals surface area contributed by atoms with E-state index in [2.05, 4.69) is 0 Å². The summed E-state index contributed by atoms with van der Waals surface area (Å²) in [6.45, 7) is 0. The number of phenolic OH excluding ortho intramolecular Hbond substituents is 16. The van der Waals surface area contributed by atoms with Crippen molar-refractivity contribution in [3.8, 4) is 103 Å². The number of hydrogen-bond donors (Lipinski definition) is 16. The van der Waals surface area contributed by atoms with E-state index in [1.54, 1.807) is 0 Å². The van der Waals surface area contributed by atoms with Crippen molar-refractivity contribution < 1.29 is 120 Å². The number of benzene rings is 6. The summed E-state index contributed by atoms with van der Waals surface area (Å²) < 4.78 is 78.0. The van der Waals surface area contributed by atoms with Gasteiger partial charge >= 0.3 is 11.9 Å². The van der Waals surface area contributed by atoms with Crippen molar-refractivity contribution in [2.24, 2.45) is 0 Å². The zero-order valence-corrected chi connectivity index (χ0v) is 32.7. The van der Waals surface area contributed by atoms with E-state index >= 15 is 0 Å². The van der Waals surface area contributed by atoms with Crippen LogP contribution in [-0.4, -0.2) is 106 Å². The first-order valence-corrected chi connectivity index (χ1v) is 18.4. The van der Waals surface area contributed by atoms with E-state index in [4.69, 9.17) is 28.5 Å². The molecule has 6 aromatic carbocycles. The van der Waals surface area contributed by atoms with Crippen LogP contribution in [0.3, 0.4) is 0 Å².